The van der Waals surface area contributed by atoms with E-state index >= 15 is 0 Å². The summed E-state index contributed by atoms with van der Waals surface area (Å²) in [6, 6.07) is 23.7. The van der Waals surface area contributed by atoms with Gasteiger partial charge in [0.2, 0.25) is 5.78 Å². The molecular weight excluding hydrogens is 392 g/mol. The molecule has 0 radical (unpaired) electrons. The molecule has 5 rings (SSSR count). The lowest BCUT2D eigenvalue weighted by Crippen LogP contribution is -2.21. The SMILES string of the molecule is Cc1ccc(C)c(CSc2nnc3n(-c4ccccc4)c(=O)c4ccccc4n23)c1. The maximum absolute atomic E-state index is 13.3. The second-order valence-electron chi connectivity index (χ2n) is 7.33. The molecule has 30 heavy (non-hydrogen) atoms. The fourth-order valence-electron chi connectivity index (χ4n) is 3.68. The molecule has 2 heterocycles. The van der Waals surface area contributed by atoms with Gasteiger partial charge in [-0.25, -0.2) is 4.57 Å². The van der Waals surface area contributed by atoms with Crippen molar-refractivity contribution in [1.29, 1.82) is 0 Å². The van der Waals surface area contributed by atoms with Crippen LogP contribution in [0.25, 0.3) is 22.4 Å². The van der Waals surface area contributed by atoms with Crippen molar-refractivity contribution < 1.29 is 0 Å². The Morgan fingerprint density at radius 3 is 2.50 bits per heavy atom. The molecule has 0 fully saturated rings. The van der Waals surface area contributed by atoms with Crippen molar-refractivity contribution in [3.63, 3.8) is 0 Å². The van der Waals surface area contributed by atoms with Crippen LogP contribution < -0.4 is 5.56 Å². The van der Waals surface area contributed by atoms with Gasteiger partial charge in [-0.05, 0) is 49.2 Å². The van der Waals surface area contributed by atoms with E-state index in [1.807, 2.05) is 59.0 Å². The molecule has 0 bridgehead atoms. The summed E-state index contributed by atoms with van der Waals surface area (Å²) in [5.74, 6) is 1.31. The van der Waals surface area contributed by atoms with E-state index in [9.17, 15) is 4.79 Å². The normalized spacial score (nSPS) is 11.4. The highest BCUT2D eigenvalue weighted by atomic mass is 32.2. The quantitative estimate of drug-likeness (QED) is 0.392. The maximum atomic E-state index is 13.3. The van der Waals surface area contributed by atoms with Crippen molar-refractivity contribution in [2.75, 3.05) is 0 Å². The molecule has 0 saturated heterocycles. The van der Waals surface area contributed by atoms with Crippen LogP contribution in [0.3, 0.4) is 0 Å². The maximum Gasteiger partial charge on any atom is 0.267 e. The van der Waals surface area contributed by atoms with Crippen LogP contribution in [0.4, 0.5) is 0 Å². The summed E-state index contributed by atoms with van der Waals surface area (Å²) >= 11 is 1.63. The van der Waals surface area contributed by atoms with E-state index in [2.05, 4.69) is 42.2 Å². The fourth-order valence-corrected chi connectivity index (χ4v) is 4.68. The van der Waals surface area contributed by atoms with Crippen molar-refractivity contribution in [1.82, 2.24) is 19.2 Å². The smallest absolute Gasteiger partial charge is 0.267 e. The molecule has 0 aliphatic carbocycles. The highest BCUT2D eigenvalue weighted by Gasteiger charge is 2.18. The zero-order valence-corrected chi connectivity index (χ0v) is 17.6. The van der Waals surface area contributed by atoms with Gasteiger partial charge in [0.25, 0.3) is 5.56 Å². The van der Waals surface area contributed by atoms with Crippen molar-refractivity contribution in [3.8, 4) is 5.69 Å². The first-order valence-electron chi connectivity index (χ1n) is 9.77. The number of rotatable bonds is 4. The van der Waals surface area contributed by atoms with Gasteiger partial charge in [-0.3, -0.25) is 9.20 Å². The average Bonchev–Trinajstić information content (AvgIpc) is 3.19. The van der Waals surface area contributed by atoms with E-state index in [-0.39, 0.29) is 5.56 Å². The summed E-state index contributed by atoms with van der Waals surface area (Å²) in [5.41, 5.74) is 5.27. The molecule has 0 amide bonds. The van der Waals surface area contributed by atoms with E-state index in [0.717, 1.165) is 22.1 Å². The Bertz CT molecular complexity index is 1440. The van der Waals surface area contributed by atoms with Crippen LogP contribution in [0.2, 0.25) is 0 Å². The average molecular weight is 413 g/mol. The van der Waals surface area contributed by atoms with Crippen LogP contribution in [0, 0.1) is 13.8 Å². The number of benzene rings is 3. The predicted octanol–water partition coefficient (Wildman–Crippen LogP) is 4.94. The molecule has 0 unspecified atom stereocenters. The molecule has 3 aromatic carbocycles. The first kappa shape index (κ1) is 18.6. The third kappa shape index (κ3) is 3.09. The predicted molar refractivity (Wildman–Crippen MR) is 122 cm³/mol. The van der Waals surface area contributed by atoms with Gasteiger partial charge in [0, 0.05) is 5.75 Å². The van der Waals surface area contributed by atoms with Crippen molar-refractivity contribution in [3.05, 3.63) is 99.8 Å². The standard InChI is InChI=1S/C24H20N4OS/c1-16-12-13-17(2)18(14-16)15-30-24-26-25-23-27(19-8-4-3-5-9-19)22(29)20-10-6-7-11-21(20)28(23)24/h3-14H,15H2,1-2H3. The van der Waals surface area contributed by atoms with Crippen LogP contribution in [0.1, 0.15) is 16.7 Å². The van der Waals surface area contributed by atoms with E-state index in [4.69, 9.17) is 0 Å². The van der Waals surface area contributed by atoms with Gasteiger partial charge in [0.15, 0.2) is 5.16 Å². The molecule has 5 nitrogen and oxygen atoms in total. The van der Waals surface area contributed by atoms with Gasteiger partial charge in [-0.2, -0.15) is 0 Å². The minimum Gasteiger partial charge on any atom is -0.268 e. The summed E-state index contributed by atoms with van der Waals surface area (Å²) in [7, 11) is 0. The Balaban J connectivity index is 1.71. The molecular formula is C24H20N4OS. The van der Waals surface area contributed by atoms with Crippen LogP contribution in [-0.2, 0) is 5.75 Å². The summed E-state index contributed by atoms with van der Waals surface area (Å²) in [4.78, 5) is 13.3. The molecule has 5 aromatic rings. The number of hydrogen-bond donors (Lipinski definition) is 0. The number of aromatic nitrogens is 4. The van der Waals surface area contributed by atoms with Crippen molar-refractivity contribution >= 4 is 28.4 Å². The second kappa shape index (κ2) is 7.46. The zero-order chi connectivity index (χ0) is 20.7. The number of hydrogen-bond acceptors (Lipinski definition) is 4. The number of para-hydroxylation sites is 2. The third-order valence-corrected chi connectivity index (χ3v) is 6.25. The number of fused-ring (bicyclic) bond motifs is 3. The summed E-state index contributed by atoms with van der Waals surface area (Å²) in [6.07, 6.45) is 0. The Hall–Kier alpha value is -3.38. The molecule has 2 aromatic heterocycles. The molecule has 0 saturated carbocycles. The fraction of sp³-hybridized carbons (Fsp3) is 0.125. The molecule has 0 aliphatic heterocycles. The minimum atomic E-state index is -0.0946. The highest BCUT2D eigenvalue weighted by molar-refractivity contribution is 7.98. The Morgan fingerprint density at radius 2 is 1.67 bits per heavy atom. The monoisotopic (exact) mass is 412 g/mol. The van der Waals surface area contributed by atoms with Crippen LogP contribution in [0.15, 0.2) is 82.7 Å². The Labute approximate surface area is 178 Å². The topological polar surface area (TPSA) is 52.2 Å². The molecule has 0 spiro atoms. The number of thioether (sulfide) groups is 1. The molecule has 0 N–H and O–H groups in total. The molecule has 0 aliphatic rings. The van der Waals surface area contributed by atoms with E-state index in [0.29, 0.717) is 11.2 Å². The minimum absolute atomic E-state index is 0.0946. The lowest BCUT2D eigenvalue weighted by Gasteiger charge is -2.11. The first-order chi connectivity index (χ1) is 14.6. The summed E-state index contributed by atoms with van der Waals surface area (Å²) < 4.78 is 3.62. The van der Waals surface area contributed by atoms with Gasteiger partial charge in [-0.15, -0.1) is 10.2 Å². The lowest BCUT2D eigenvalue weighted by molar-refractivity contribution is 0.930. The van der Waals surface area contributed by atoms with E-state index in [1.54, 1.807) is 16.3 Å². The zero-order valence-electron chi connectivity index (χ0n) is 16.7. The summed E-state index contributed by atoms with van der Waals surface area (Å²) in [5, 5.41) is 10.3. The van der Waals surface area contributed by atoms with Gasteiger partial charge in [0.1, 0.15) is 0 Å². The van der Waals surface area contributed by atoms with E-state index in [1.165, 1.54) is 16.7 Å². The van der Waals surface area contributed by atoms with Crippen molar-refractivity contribution in [2.24, 2.45) is 0 Å². The van der Waals surface area contributed by atoms with Crippen LogP contribution in [-0.4, -0.2) is 19.2 Å². The largest absolute Gasteiger partial charge is 0.268 e. The molecule has 0 atom stereocenters. The number of aryl methyl sites for hydroxylation is 2. The van der Waals surface area contributed by atoms with Gasteiger partial charge in [0.05, 0.1) is 16.6 Å². The molecule has 6 heteroatoms. The van der Waals surface area contributed by atoms with Crippen molar-refractivity contribution in [2.45, 2.75) is 24.8 Å². The second-order valence-corrected chi connectivity index (χ2v) is 8.27. The molecule has 148 valence electrons. The lowest BCUT2D eigenvalue weighted by atomic mass is 10.1. The van der Waals surface area contributed by atoms with Gasteiger partial charge in [-0.1, -0.05) is 65.9 Å². The third-order valence-electron chi connectivity index (χ3n) is 5.27. The Morgan fingerprint density at radius 1 is 0.900 bits per heavy atom. The highest BCUT2D eigenvalue weighted by Crippen LogP contribution is 2.27. The van der Waals surface area contributed by atoms with Crippen LogP contribution >= 0.6 is 11.8 Å². The summed E-state index contributed by atoms with van der Waals surface area (Å²) in [6.45, 7) is 4.23. The number of nitrogens with zero attached hydrogens (tertiary/aromatic N) is 4. The Kier molecular flexibility index (Phi) is 4.64. The van der Waals surface area contributed by atoms with E-state index < -0.39 is 0 Å². The van der Waals surface area contributed by atoms with Crippen LogP contribution in [0.5, 0.6) is 0 Å². The van der Waals surface area contributed by atoms with Gasteiger partial charge < -0.3 is 0 Å². The first-order valence-corrected chi connectivity index (χ1v) is 10.8. The van der Waals surface area contributed by atoms with Gasteiger partial charge >= 0.3 is 0 Å².